The Morgan fingerprint density at radius 3 is 2.12 bits per heavy atom. The molecule has 5 amide bonds. The number of carbonyl (C=O) groups is 5. The Bertz CT molecular complexity index is 1390. The second kappa shape index (κ2) is 24.1. The topological polar surface area (TPSA) is 207 Å². The number of rotatable bonds is 14. The molecule has 0 aromatic heterocycles. The first-order chi connectivity index (χ1) is 26.8. The van der Waals surface area contributed by atoms with Crippen molar-refractivity contribution in [3.63, 3.8) is 0 Å². The fourth-order valence-corrected chi connectivity index (χ4v) is 7.59. The van der Waals surface area contributed by atoms with E-state index in [9.17, 15) is 24.0 Å². The third kappa shape index (κ3) is 14.6. The lowest BCUT2D eigenvalue weighted by atomic mass is 9.83. The summed E-state index contributed by atoms with van der Waals surface area (Å²) in [6.45, 7) is 9.90. The van der Waals surface area contributed by atoms with Crippen LogP contribution in [0, 0.1) is 17.8 Å². The normalized spacial score (nSPS) is 27.1. The molecule has 316 valence electrons. The molecule has 1 saturated heterocycles. The first kappa shape index (κ1) is 46.6. The summed E-state index contributed by atoms with van der Waals surface area (Å²) in [4.78, 5) is 71.8. The van der Waals surface area contributed by atoms with Crippen molar-refractivity contribution in [3.8, 4) is 5.75 Å². The number of amides is 5. The number of carbonyl (C=O) groups excluding carboxylic acids is 5. The molecule has 2 fully saturated rings. The van der Waals surface area contributed by atoms with Crippen molar-refractivity contribution in [1.29, 1.82) is 0 Å². The van der Waals surface area contributed by atoms with Crippen molar-refractivity contribution in [3.05, 3.63) is 29.8 Å². The number of ether oxygens (including phenoxy) is 2. The van der Waals surface area contributed by atoms with Crippen LogP contribution in [0.1, 0.15) is 111 Å². The summed E-state index contributed by atoms with van der Waals surface area (Å²) in [5.74, 6) is -2.56. The van der Waals surface area contributed by atoms with Gasteiger partial charge in [-0.3, -0.25) is 24.0 Å². The molecule has 14 nitrogen and oxygen atoms in total. The van der Waals surface area contributed by atoms with Gasteiger partial charge in [0.05, 0.1) is 18.6 Å². The monoisotopic (exact) mass is 786 g/mol. The van der Waals surface area contributed by atoms with Gasteiger partial charge < -0.3 is 47.1 Å². The highest BCUT2D eigenvalue weighted by Crippen LogP contribution is 2.28. The van der Waals surface area contributed by atoms with E-state index in [0.29, 0.717) is 31.6 Å². The first-order valence-electron chi connectivity index (χ1n) is 21.0. The van der Waals surface area contributed by atoms with Gasteiger partial charge in [0.2, 0.25) is 29.5 Å². The van der Waals surface area contributed by atoms with Crippen LogP contribution >= 0.6 is 0 Å². The SMILES string of the molecule is CCCCCC[C@H]1OC[C@@H](C)NC(=O)[C@H](COc2ccc(CCN)cc2)NC(=O)[C@H](CN)NC(=O)[C@H](C2CCCCC2)NC(=O)[C@H](CC(C)C)N(C)C(=O)[C@@H]1C. The van der Waals surface area contributed by atoms with Crippen LogP contribution in [0.4, 0.5) is 0 Å². The van der Waals surface area contributed by atoms with Crippen LogP contribution in [0.15, 0.2) is 24.3 Å². The minimum atomic E-state index is -1.20. The summed E-state index contributed by atoms with van der Waals surface area (Å²) in [7, 11) is 1.64. The van der Waals surface area contributed by atoms with Crippen molar-refractivity contribution in [2.24, 2.45) is 29.2 Å². The predicted octanol–water partition coefficient (Wildman–Crippen LogP) is 2.94. The van der Waals surface area contributed by atoms with E-state index in [4.69, 9.17) is 20.9 Å². The third-order valence-corrected chi connectivity index (χ3v) is 11.0. The molecule has 1 aliphatic carbocycles. The number of nitrogens with zero attached hydrogens (tertiary/aromatic N) is 1. The molecule has 1 aromatic carbocycles. The molecule has 1 aromatic rings. The molecule has 0 spiro atoms. The lowest BCUT2D eigenvalue weighted by molar-refractivity contribution is -0.147. The number of unbranched alkanes of at least 4 members (excludes halogenated alkanes) is 3. The fraction of sp³-hybridized carbons (Fsp3) is 0.738. The second-order valence-electron chi connectivity index (χ2n) is 16.2. The number of hydrogen-bond acceptors (Lipinski definition) is 9. The van der Waals surface area contributed by atoms with Crippen LogP contribution in [-0.2, 0) is 35.1 Å². The standard InChI is InChI=1S/C42H71N7O7/c1-7-8-9-13-16-36-29(5)42(54)49(6)35(23-27(2)3)40(52)48-37(31-14-11-10-12-15-31)41(53)46-33(24-44)38(50)47-34(39(51)45-28(4)25-56-36)26-55-32-19-17-30(18-20-32)21-22-43/h17-20,27-29,31,33-37H,7-16,21-26,43-44H2,1-6H3,(H,45,51)(H,46,53)(H,47,50)(H,48,52)/t28-,29-,33+,34+,35+,36-,37+/m1/s1. The summed E-state index contributed by atoms with van der Waals surface area (Å²) < 4.78 is 12.4. The quantitative estimate of drug-likeness (QED) is 0.153. The van der Waals surface area contributed by atoms with Crippen molar-refractivity contribution in [2.75, 3.05) is 33.4 Å². The lowest BCUT2D eigenvalue weighted by Gasteiger charge is -2.36. The zero-order chi connectivity index (χ0) is 41.2. The van der Waals surface area contributed by atoms with Gasteiger partial charge in [-0.05, 0) is 75.1 Å². The van der Waals surface area contributed by atoms with E-state index in [0.717, 1.165) is 63.4 Å². The van der Waals surface area contributed by atoms with E-state index in [1.807, 2.05) is 32.9 Å². The van der Waals surface area contributed by atoms with E-state index in [1.54, 1.807) is 26.1 Å². The second-order valence-corrected chi connectivity index (χ2v) is 16.2. The first-order valence-corrected chi connectivity index (χ1v) is 21.0. The summed E-state index contributed by atoms with van der Waals surface area (Å²) in [6, 6.07) is 2.68. The molecular formula is C42H71N7O7. The van der Waals surface area contributed by atoms with Crippen molar-refractivity contribution in [1.82, 2.24) is 26.2 Å². The highest BCUT2D eigenvalue weighted by Gasteiger charge is 2.39. The van der Waals surface area contributed by atoms with Crippen molar-refractivity contribution < 1.29 is 33.4 Å². The van der Waals surface area contributed by atoms with E-state index in [1.165, 1.54) is 4.90 Å². The lowest BCUT2D eigenvalue weighted by Crippen LogP contribution is -2.62. The van der Waals surface area contributed by atoms with Gasteiger partial charge in [-0.1, -0.05) is 84.8 Å². The molecule has 56 heavy (non-hydrogen) atoms. The Balaban J connectivity index is 2.00. The van der Waals surface area contributed by atoms with Crippen LogP contribution in [0.3, 0.4) is 0 Å². The molecule has 2 aliphatic rings. The van der Waals surface area contributed by atoms with E-state index in [-0.39, 0.29) is 37.5 Å². The number of nitrogens with one attached hydrogen (secondary N) is 4. The Morgan fingerprint density at radius 2 is 1.50 bits per heavy atom. The van der Waals surface area contributed by atoms with Crippen molar-refractivity contribution in [2.45, 2.75) is 148 Å². The zero-order valence-electron chi connectivity index (χ0n) is 34.8. The average Bonchev–Trinajstić information content (AvgIpc) is 3.18. The Labute approximate surface area is 334 Å². The van der Waals surface area contributed by atoms with Crippen molar-refractivity contribution >= 4 is 29.5 Å². The minimum absolute atomic E-state index is 0.0724. The van der Waals surface area contributed by atoms with E-state index < -0.39 is 65.9 Å². The van der Waals surface area contributed by atoms with Gasteiger partial charge >= 0.3 is 0 Å². The van der Waals surface area contributed by atoms with Gasteiger partial charge in [0, 0.05) is 19.6 Å². The maximum absolute atomic E-state index is 14.3. The van der Waals surface area contributed by atoms with Crippen LogP contribution in [0.25, 0.3) is 0 Å². The van der Waals surface area contributed by atoms with Gasteiger partial charge in [-0.25, -0.2) is 0 Å². The van der Waals surface area contributed by atoms with E-state index in [2.05, 4.69) is 28.2 Å². The molecule has 1 heterocycles. The predicted molar refractivity (Wildman–Crippen MR) is 217 cm³/mol. The van der Waals surface area contributed by atoms with Gasteiger partial charge in [0.15, 0.2) is 0 Å². The molecule has 7 atom stereocenters. The van der Waals surface area contributed by atoms with Gasteiger partial charge in [-0.2, -0.15) is 0 Å². The maximum Gasteiger partial charge on any atom is 0.246 e. The largest absolute Gasteiger partial charge is 0.491 e. The summed E-state index contributed by atoms with van der Waals surface area (Å²) in [6.07, 6.45) is 9.50. The third-order valence-electron chi connectivity index (χ3n) is 11.0. The molecular weight excluding hydrogens is 715 g/mol. The molecule has 8 N–H and O–H groups in total. The summed E-state index contributed by atoms with van der Waals surface area (Å²) >= 11 is 0. The molecule has 1 aliphatic heterocycles. The van der Waals surface area contributed by atoms with Crippen LogP contribution in [0.5, 0.6) is 5.75 Å². The maximum atomic E-state index is 14.3. The molecule has 0 bridgehead atoms. The fourth-order valence-electron chi connectivity index (χ4n) is 7.59. The highest BCUT2D eigenvalue weighted by molar-refractivity contribution is 5.96. The Hall–Kier alpha value is -3.75. The molecule has 3 rings (SSSR count). The smallest absolute Gasteiger partial charge is 0.246 e. The van der Waals surface area contributed by atoms with Gasteiger partial charge in [0.1, 0.15) is 36.5 Å². The van der Waals surface area contributed by atoms with E-state index >= 15 is 0 Å². The van der Waals surface area contributed by atoms with Crippen LogP contribution in [0.2, 0.25) is 0 Å². The van der Waals surface area contributed by atoms with Gasteiger partial charge in [0.25, 0.3) is 0 Å². The highest BCUT2D eigenvalue weighted by atomic mass is 16.5. The van der Waals surface area contributed by atoms with Gasteiger partial charge in [-0.15, -0.1) is 0 Å². The minimum Gasteiger partial charge on any atom is -0.491 e. The zero-order valence-corrected chi connectivity index (χ0v) is 34.8. The summed E-state index contributed by atoms with van der Waals surface area (Å²) in [5, 5.41) is 11.5. The molecule has 0 unspecified atom stereocenters. The number of benzene rings is 1. The molecule has 1 saturated carbocycles. The number of likely N-dealkylation sites (N-methyl/N-ethyl adjacent to an activating group) is 1. The van der Waals surface area contributed by atoms with Crippen LogP contribution < -0.4 is 37.5 Å². The molecule has 0 radical (unpaired) electrons. The average molecular weight is 786 g/mol. The number of nitrogens with two attached hydrogens (primary N) is 2. The summed E-state index contributed by atoms with van der Waals surface area (Å²) in [5.41, 5.74) is 12.8. The Kier molecular flexibility index (Phi) is 20.1. The Morgan fingerprint density at radius 1 is 0.839 bits per heavy atom. The molecule has 14 heteroatoms. The van der Waals surface area contributed by atoms with Crippen LogP contribution in [-0.4, -0.2) is 104 Å². The number of hydrogen-bond donors (Lipinski definition) is 6.